The minimum absolute atomic E-state index is 0.148. The van der Waals surface area contributed by atoms with Crippen molar-refractivity contribution in [2.45, 2.75) is 30.7 Å². The van der Waals surface area contributed by atoms with Crippen LogP contribution in [0.2, 0.25) is 0 Å². The highest BCUT2D eigenvalue weighted by molar-refractivity contribution is 7.89. The third-order valence-electron chi connectivity index (χ3n) is 3.57. The van der Waals surface area contributed by atoms with E-state index in [9.17, 15) is 17.2 Å². The molecule has 1 aliphatic heterocycles. The van der Waals surface area contributed by atoms with E-state index in [-0.39, 0.29) is 12.0 Å². The number of hydrogen-bond donors (Lipinski definition) is 2. The second-order valence-corrected chi connectivity index (χ2v) is 6.77. The van der Waals surface area contributed by atoms with Gasteiger partial charge in [0, 0.05) is 6.04 Å². The molecule has 1 aromatic carbocycles. The summed E-state index contributed by atoms with van der Waals surface area (Å²) in [5, 5.41) is 3.19. The Morgan fingerprint density at radius 1 is 1.40 bits per heavy atom. The molecule has 2 N–H and O–H groups in total. The highest BCUT2D eigenvalue weighted by Gasteiger charge is 2.27. The first-order valence-corrected chi connectivity index (χ1v) is 8.06. The van der Waals surface area contributed by atoms with Crippen LogP contribution in [0.5, 0.6) is 0 Å². The molecule has 0 saturated carbocycles. The largest absolute Gasteiger partial charge is 0.316 e. The van der Waals surface area contributed by atoms with Crippen LogP contribution in [-0.4, -0.2) is 27.5 Å². The van der Waals surface area contributed by atoms with E-state index in [4.69, 9.17) is 0 Å². The summed E-state index contributed by atoms with van der Waals surface area (Å²) >= 11 is 0. The predicted molar refractivity (Wildman–Crippen MR) is 71.7 cm³/mol. The number of benzene rings is 1. The maximum absolute atomic E-state index is 13.6. The zero-order chi connectivity index (χ0) is 14.8. The first kappa shape index (κ1) is 15.3. The third-order valence-corrected chi connectivity index (χ3v) is 5.14. The summed E-state index contributed by atoms with van der Waals surface area (Å²) in [6, 6.07) is 2.07. The molecule has 1 fully saturated rings. The quantitative estimate of drug-likeness (QED) is 0.889. The molecule has 1 aromatic rings. The Bertz CT molecular complexity index is 572. The number of nitrogens with one attached hydrogen (secondary N) is 2. The average molecular weight is 304 g/mol. The molecule has 2 rings (SSSR count). The fourth-order valence-corrected chi connectivity index (χ4v) is 3.79. The van der Waals surface area contributed by atoms with Crippen LogP contribution in [0, 0.1) is 17.6 Å². The fourth-order valence-electron chi connectivity index (χ4n) is 2.39. The van der Waals surface area contributed by atoms with Gasteiger partial charge < -0.3 is 5.32 Å². The Morgan fingerprint density at radius 2 is 2.15 bits per heavy atom. The molecule has 1 aliphatic rings. The van der Waals surface area contributed by atoms with Gasteiger partial charge in [0.2, 0.25) is 10.0 Å². The summed E-state index contributed by atoms with van der Waals surface area (Å²) in [5.74, 6) is -1.58. The normalized spacial score (nSPS) is 21.6. The predicted octanol–water partition coefficient (Wildman–Crippen LogP) is 1.63. The third kappa shape index (κ3) is 3.53. The standard InChI is InChI=1S/C13H18F2N2O2S/c1-9(10-3-2-6-16-8-10)17-20(18,19)13-7-11(14)4-5-12(13)15/h4-5,7,9-10,16-17H,2-3,6,8H2,1H3. The Balaban J connectivity index is 2.16. The number of halogens is 2. The van der Waals surface area contributed by atoms with E-state index in [1.807, 2.05) is 0 Å². The summed E-state index contributed by atoms with van der Waals surface area (Å²) in [6.07, 6.45) is 1.88. The Labute approximate surface area is 117 Å². The Hall–Kier alpha value is -1.05. The van der Waals surface area contributed by atoms with Crippen LogP contribution in [0.4, 0.5) is 8.78 Å². The van der Waals surface area contributed by atoms with Gasteiger partial charge in [0.25, 0.3) is 0 Å². The molecule has 1 heterocycles. The van der Waals surface area contributed by atoms with E-state index in [1.165, 1.54) is 0 Å². The molecule has 0 radical (unpaired) electrons. The van der Waals surface area contributed by atoms with Gasteiger partial charge in [-0.2, -0.15) is 0 Å². The zero-order valence-electron chi connectivity index (χ0n) is 11.2. The number of rotatable bonds is 4. The summed E-state index contributed by atoms with van der Waals surface area (Å²) in [6.45, 7) is 3.39. The molecule has 2 unspecified atom stereocenters. The van der Waals surface area contributed by atoms with Crippen molar-refractivity contribution in [3.05, 3.63) is 29.8 Å². The SMILES string of the molecule is CC(NS(=O)(=O)c1cc(F)ccc1F)C1CCCNC1. The van der Waals surface area contributed by atoms with Gasteiger partial charge in [0.1, 0.15) is 16.5 Å². The van der Waals surface area contributed by atoms with Crippen molar-refractivity contribution in [3.8, 4) is 0 Å². The van der Waals surface area contributed by atoms with Crippen LogP contribution in [-0.2, 0) is 10.0 Å². The minimum Gasteiger partial charge on any atom is -0.316 e. The van der Waals surface area contributed by atoms with Crippen LogP contribution < -0.4 is 10.0 Å². The lowest BCUT2D eigenvalue weighted by molar-refractivity contribution is 0.320. The van der Waals surface area contributed by atoms with Gasteiger partial charge >= 0.3 is 0 Å². The summed E-state index contributed by atoms with van der Waals surface area (Å²) in [5.41, 5.74) is 0. The van der Waals surface area contributed by atoms with E-state index >= 15 is 0 Å². The Morgan fingerprint density at radius 3 is 2.80 bits per heavy atom. The second-order valence-electron chi connectivity index (χ2n) is 5.09. The molecule has 112 valence electrons. The first-order chi connectivity index (χ1) is 9.40. The molecule has 4 nitrogen and oxygen atoms in total. The number of hydrogen-bond acceptors (Lipinski definition) is 3. The molecule has 2 atom stereocenters. The van der Waals surface area contributed by atoms with Crippen molar-refractivity contribution in [3.63, 3.8) is 0 Å². The van der Waals surface area contributed by atoms with Crippen molar-refractivity contribution >= 4 is 10.0 Å². The molecular formula is C13H18F2N2O2S. The summed E-state index contributed by atoms with van der Waals surface area (Å²) < 4.78 is 53.3. The van der Waals surface area contributed by atoms with Crippen LogP contribution in [0.25, 0.3) is 0 Å². The molecule has 20 heavy (non-hydrogen) atoms. The van der Waals surface area contributed by atoms with Gasteiger partial charge in [0.15, 0.2) is 0 Å². The maximum atomic E-state index is 13.6. The molecule has 1 saturated heterocycles. The van der Waals surface area contributed by atoms with Crippen molar-refractivity contribution in [2.24, 2.45) is 5.92 Å². The van der Waals surface area contributed by atoms with E-state index in [0.717, 1.165) is 38.1 Å². The number of piperidine rings is 1. The minimum atomic E-state index is -4.05. The van der Waals surface area contributed by atoms with Gasteiger partial charge in [-0.3, -0.25) is 0 Å². The first-order valence-electron chi connectivity index (χ1n) is 6.58. The van der Waals surface area contributed by atoms with Crippen molar-refractivity contribution < 1.29 is 17.2 Å². The van der Waals surface area contributed by atoms with Gasteiger partial charge in [-0.15, -0.1) is 0 Å². The molecule has 0 bridgehead atoms. The second kappa shape index (κ2) is 6.15. The van der Waals surface area contributed by atoms with Gasteiger partial charge in [-0.1, -0.05) is 0 Å². The smallest absolute Gasteiger partial charge is 0.243 e. The van der Waals surface area contributed by atoms with Gasteiger partial charge in [0.05, 0.1) is 0 Å². The van der Waals surface area contributed by atoms with E-state index in [0.29, 0.717) is 6.07 Å². The van der Waals surface area contributed by atoms with Crippen molar-refractivity contribution in [1.82, 2.24) is 10.0 Å². The van der Waals surface area contributed by atoms with Crippen molar-refractivity contribution in [2.75, 3.05) is 13.1 Å². The van der Waals surface area contributed by atoms with Gasteiger partial charge in [-0.05, 0) is 57.0 Å². The lowest BCUT2D eigenvalue weighted by Gasteiger charge is -2.28. The molecule has 0 aliphatic carbocycles. The maximum Gasteiger partial charge on any atom is 0.243 e. The zero-order valence-corrected chi connectivity index (χ0v) is 12.0. The topological polar surface area (TPSA) is 58.2 Å². The van der Waals surface area contributed by atoms with Crippen LogP contribution >= 0.6 is 0 Å². The van der Waals surface area contributed by atoms with Gasteiger partial charge in [-0.25, -0.2) is 21.9 Å². The molecule has 0 aromatic heterocycles. The molecule has 0 spiro atoms. The molecular weight excluding hydrogens is 286 g/mol. The molecule has 0 amide bonds. The molecule has 7 heteroatoms. The van der Waals surface area contributed by atoms with Crippen LogP contribution in [0.3, 0.4) is 0 Å². The fraction of sp³-hybridized carbons (Fsp3) is 0.538. The van der Waals surface area contributed by atoms with E-state index < -0.39 is 26.6 Å². The Kier molecular flexibility index (Phi) is 4.72. The summed E-state index contributed by atoms with van der Waals surface area (Å²) in [7, 11) is -4.05. The monoisotopic (exact) mass is 304 g/mol. The lowest BCUT2D eigenvalue weighted by atomic mass is 9.94. The highest BCUT2D eigenvalue weighted by atomic mass is 32.2. The number of sulfonamides is 1. The van der Waals surface area contributed by atoms with Crippen molar-refractivity contribution in [1.29, 1.82) is 0 Å². The van der Waals surface area contributed by atoms with Crippen LogP contribution in [0.15, 0.2) is 23.1 Å². The van der Waals surface area contributed by atoms with E-state index in [2.05, 4.69) is 10.0 Å². The van der Waals surface area contributed by atoms with E-state index in [1.54, 1.807) is 6.92 Å². The lowest BCUT2D eigenvalue weighted by Crippen LogP contribution is -2.44. The average Bonchev–Trinajstić information content (AvgIpc) is 2.42. The summed E-state index contributed by atoms with van der Waals surface area (Å²) in [4.78, 5) is -0.645. The van der Waals surface area contributed by atoms with Crippen LogP contribution in [0.1, 0.15) is 19.8 Å². The highest BCUT2D eigenvalue weighted by Crippen LogP contribution is 2.19.